The fraction of sp³-hybridized carbons (Fsp3) is 0.458. The molecule has 1 aromatic rings. The molecule has 32 heavy (non-hydrogen) atoms. The van der Waals surface area contributed by atoms with Crippen LogP contribution in [-0.2, 0) is 23.9 Å². The molecule has 172 valence electrons. The number of esters is 2. The Kier molecular flexibility index (Phi) is 7.08. The molecule has 0 bridgehead atoms. The predicted molar refractivity (Wildman–Crippen MR) is 117 cm³/mol. The molecule has 1 aliphatic carbocycles. The lowest BCUT2D eigenvalue weighted by molar-refractivity contribution is -0.151. The molecule has 0 fully saturated rings. The second kappa shape index (κ2) is 9.45. The summed E-state index contributed by atoms with van der Waals surface area (Å²) in [7, 11) is 1.22. The Balaban J connectivity index is 2.23. The molecule has 1 aromatic carbocycles. The molecule has 0 unspecified atom stereocenters. The maximum atomic E-state index is 15.1. The number of ketones is 1. The lowest BCUT2D eigenvalue weighted by Gasteiger charge is -2.38. The highest BCUT2D eigenvalue weighted by Gasteiger charge is 2.48. The molecule has 1 N–H and O–H groups in total. The molecule has 0 spiro atoms. The number of hydrogen-bond acceptors (Lipinski definition) is 6. The zero-order valence-electron chi connectivity index (χ0n) is 18.8. The second-order valence-electron chi connectivity index (χ2n) is 8.29. The van der Waals surface area contributed by atoms with Gasteiger partial charge in [0.1, 0.15) is 11.7 Å². The van der Waals surface area contributed by atoms with E-state index < -0.39 is 35.4 Å². The molecular formula is C24H27ClFNO5. The van der Waals surface area contributed by atoms with Crippen molar-refractivity contribution in [1.29, 1.82) is 0 Å². The molecule has 3 rings (SSSR count). The van der Waals surface area contributed by atoms with Crippen LogP contribution < -0.4 is 5.32 Å². The van der Waals surface area contributed by atoms with Gasteiger partial charge in [0.25, 0.3) is 0 Å². The first-order chi connectivity index (χ1) is 15.1. The maximum Gasteiger partial charge on any atom is 0.337 e. The van der Waals surface area contributed by atoms with Crippen LogP contribution in [0, 0.1) is 17.7 Å². The van der Waals surface area contributed by atoms with Crippen LogP contribution in [0.15, 0.2) is 40.7 Å². The van der Waals surface area contributed by atoms with Gasteiger partial charge in [-0.15, -0.1) is 0 Å². The minimum Gasteiger partial charge on any atom is -0.468 e. The first kappa shape index (κ1) is 24.0. The van der Waals surface area contributed by atoms with E-state index in [9.17, 15) is 14.4 Å². The van der Waals surface area contributed by atoms with Crippen molar-refractivity contribution in [3.8, 4) is 0 Å². The fourth-order valence-corrected chi connectivity index (χ4v) is 4.63. The molecule has 4 atom stereocenters. The third-order valence-corrected chi connectivity index (χ3v) is 6.46. The number of Topliss-reactive ketones (excluding diaryl/α,β-unsaturated/α-hetero) is 1. The van der Waals surface area contributed by atoms with Gasteiger partial charge >= 0.3 is 11.9 Å². The zero-order chi connectivity index (χ0) is 23.7. The number of allylic oxidation sites excluding steroid dienone is 3. The standard InChI is InChI=1S/C24H27ClFNO5/c1-6-12(3)32-24(30)18-13(4)27-16-10-11(2)17(23(29)31-5)22(28)20(16)21(18)19-14(25)8-7-9-15(19)26/h7-9,11-12,17,21,27H,6,10H2,1-5H3/t11-,12-,17+,21+/m0/s1. The van der Waals surface area contributed by atoms with Crippen LogP contribution in [0.25, 0.3) is 0 Å². The van der Waals surface area contributed by atoms with Gasteiger partial charge in [-0.1, -0.05) is 31.5 Å². The second-order valence-corrected chi connectivity index (χ2v) is 8.70. The quantitative estimate of drug-likeness (QED) is 0.513. The topological polar surface area (TPSA) is 81.7 Å². The van der Waals surface area contributed by atoms with Gasteiger partial charge in [0.05, 0.1) is 24.7 Å². The highest BCUT2D eigenvalue weighted by molar-refractivity contribution is 6.31. The number of dihydropyridines is 1. The summed E-state index contributed by atoms with van der Waals surface area (Å²) >= 11 is 6.39. The molecule has 0 saturated heterocycles. The predicted octanol–water partition coefficient (Wildman–Crippen LogP) is 4.43. The highest BCUT2D eigenvalue weighted by Crippen LogP contribution is 2.47. The fourth-order valence-electron chi connectivity index (χ4n) is 4.36. The molecule has 0 radical (unpaired) electrons. The SMILES string of the molecule is CC[C@H](C)OC(=O)C1=C(C)NC2=C(C(=O)[C@H](C(=O)OC)[C@@H](C)C2)[C@H]1c1c(F)cccc1Cl. The van der Waals surface area contributed by atoms with Crippen molar-refractivity contribution < 1.29 is 28.2 Å². The minimum atomic E-state index is -1.11. The summed E-state index contributed by atoms with van der Waals surface area (Å²) in [6.07, 6.45) is 0.569. The number of nitrogens with one attached hydrogen (secondary N) is 1. The van der Waals surface area contributed by atoms with Gasteiger partial charge in [0.2, 0.25) is 0 Å². The van der Waals surface area contributed by atoms with E-state index in [4.69, 9.17) is 21.1 Å². The summed E-state index contributed by atoms with van der Waals surface area (Å²) in [5.74, 6) is -4.99. The zero-order valence-corrected chi connectivity index (χ0v) is 19.5. The number of rotatable bonds is 5. The third kappa shape index (κ3) is 4.18. The Morgan fingerprint density at radius 3 is 2.62 bits per heavy atom. The van der Waals surface area contributed by atoms with Gasteiger partial charge in [0.15, 0.2) is 5.78 Å². The van der Waals surface area contributed by atoms with Gasteiger partial charge in [-0.05, 0) is 44.7 Å². The summed E-state index contributed by atoms with van der Waals surface area (Å²) in [4.78, 5) is 39.2. The van der Waals surface area contributed by atoms with E-state index >= 15 is 4.39 Å². The largest absolute Gasteiger partial charge is 0.468 e. The van der Waals surface area contributed by atoms with Crippen molar-refractivity contribution in [2.75, 3.05) is 7.11 Å². The first-order valence-electron chi connectivity index (χ1n) is 10.6. The summed E-state index contributed by atoms with van der Waals surface area (Å²) in [6.45, 7) is 7.08. The van der Waals surface area contributed by atoms with E-state index in [0.717, 1.165) is 0 Å². The lowest BCUT2D eigenvalue weighted by Crippen LogP contribution is -2.43. The minimum absolute atomic E-state index is 0.00476. The molecule has 1 heterocycles. The summed E-state index contributed by atoms with van der Waals surface area (Å²) in [6, 6.07) is 4.18. The Hall–Kier alpha value is -2.67. The van der Waals surface area contributed by atoms with Crippen molar-refractivity contribution >= 4 is 29.3 Å². The molecule has 6 nitrogen and oxygen atoms in total. The Bertz CT molecular complexity index is 1010. The van der Waals surface area contributed by atoms with E-state index in [0.29, 0.717) is 24.2 Å². The van der Waals surface area contributed by atoms with E-state index in [-0.39, 0.29) is 33.8 Å². The van der Waals surface area contributed by atoms with Crippen LogP contribution in [0.1, 0.15) is 52.0 Å². The number of methoxy groups -OCH3 is 1. The summed E-state index contributed by atoms with van der Waals surface area (Å²) in [5.41, 5.74) is 1.25. The van der Waals surface area contributed by atoms with E-state index in [1.807, 2.05) is 6.92 Å². The molecular weight excluding hydrogens is 437 g/mol. The molecule has 8 heteroatoms. The monoisotopic (exact) mass is 463 g/mol. The van der Waals surface area contributed by atoms with Crippen LogP contribution in [0.4, 0.5) is 4.39 Å². The molecule has 0 amide bonds. The van der Waals surface area contributed by atoms with E-state index in [1.165, 1.54) is 25.3 Å². The number of halogens is 2. The Labute approximate surface area is 191 Å². The maximum absolute atomic E-state index is 15.1. The molecule has 1 aliphatic heterocycles. The molecule has 2 aliphatic rings. The van der Waals surface area contributed by atoms with Crippen LogP contribution in [-0.4, -0.2) is 30.9 Å². The number of benzene rings is 1. The van der Waals surface area contributed by atoms with E-state index in [1.54, 1.807) is 20.8 Å². The van der Waals surface area contributed by atoms with Crippen molar-refractivity contribution in [2.45, 2.75) is 52.6 Å². The smallest absolute Gasteiger partial charge is 0.337 e. The Morgan fingerprint density at radius 1 is 1.34 bits per heavy atom. The number of carbonyl (C=O) groups is 3. The average Bonchev–Trinajstić information content (AvgIpc) is 2.72. The van der Waals surface area contributed by atoms with Crippen molar-refractivity contribution in [2.24, 2.45) is 11.8 Å². The van der Waals surface area contributed by atoms with Crippen LogP contribution in [0.5, 0.6) is 0 Å². The summed E-state index contributed by atoms with van der Waals surface area (Å²) in [5, 5.41) is 3.21. The van der Waals surface area contributed by atoms with Gasteiger partial charge in [-0.2, -0.15) is 0 Å². The Morgan fingerprint density at radius 2 is 2.03 bits per heavy atom. The highest BCUT2D eigenvalue weighted by atomic mass is 35.5. The number of hydrogen-bond donors (Lipinski definition) is 1. The van der Waals surface area contributed by atoms with Crippen LogP contribution in [0.3, 0.4) is 0 Å². The number of ether oxygens (including phenoxy) is 2. The summed E-state index contributed by atoms with van der Waals surface area (Å²) < 4.78 is 25.5. The van der Waals surface area contributed by atoms with E-state index in [2.05, 4.69) is 5.32 Å². The lowest BCUT2D eigenvalue weighted by atomic mass is 9.69. The van der Waals surface area contributed by atoms with Crippen LogP contribution >= 0.6 is 11.6 Å². The molecule has 0 aromatic heterocycles. The average molecular weight is 464 g/mol. The first-order valence-corrected chi connectivity index (χ1v) is 11.0. The molecule has 0 saturated carbocycles. The van der Waals surface area contributed by atoms with Crippen molar-refractivity contribution in [3.63, 3.8) is 0 Å². The van der Waals surface area contributed by atoms with Gasteiger partial charge in [0, 0.05) is 27.6 Å². The van der Waals surface area contributed by atoms with Crippen molar-refractivity contribution in [1.82, 2.24) is 5.32 Å². The van der Waals surface area contributed by atoms with Crippen LogP contribution in [0.2, 0.25) is 5.02 Å². The van der Waals surface area contributed by atoms with Crippen molar-refractivity contribution in [3.05, 3.63) is 57.1 Å². The van der Waals surface area contributed by atoms with Gasteiger partial charge in [-0.3, -0.25) is 9.59 Å². The third-order valence-electron chi connectivity index (χ3n) is 6.13. The normalized spacial score (nSPS) is 24.0. The van der Waals surface area contributed by atoms with Gasteiger partial charge < -0.3 is 14.8 Å². The van der Waals surface area contributed by atoms with Gasteiger partial charge in [-0.25, -0.2) is 9.18 Å². The number of carbonyl (C=O) groups excluding carboxylic acids is 3.